The van der Waals surface area contributed by atoms with Gasteiger partial charge in [-0.3, -0.25) is 0 Å². The fraction of sp³-hybridized carbons (Fsp3) is 0.375. The zero-order valence-electron chi connectivity index (χ0n) is 11.8. The molecule has 2 aromatic rings. The maximum atomic E-state index is 10.4. The van der Waals surface area contributed by atoms with E-state index in [0.29, 0.717) is 6.42 Å². The highest BCUT2D eigenvalue weighted by Crippen LogP contribution is 2.17. The molecule has 0 aliphatic heterocycles. The molecular weight excluding hydrogens is 236 g/mol. The molecule has 3 nitrogen and oxygen atoms in total. The minimum atomic E-state index is 0.604. The number of rotatable bonds is 5. The van der Waals surface area contributed by atoms with Gasteiger partial charge in [-0.25, -0.2) is 4.98 Å². The summed E-state index contributed by atoms with van der Waals surface area (Å²) in [6.45, 7) is 6.26. The summed E-state index contributed by atoms with van der Waals surface area (Å²) in [5.74, 6) is 0.973. The Morgan fingerprint density at radius 1 is 1.16 bits per heavy atom. The molecule has 0 saturated carbocycles. The molecule has 0 amide bonds. The second-order valence-corrected chi connectivity index (χ2v) is 5.00. The van der Waals surface area contributed by atoms with Crippen LogP contribution in [0.15, 0.2) is 24.3 Å². The van der Waals surface area contributed by atoms with E-state index in [1.165, 1.54) is 17.0 Å². The number of aldehydes is 1. The molecule has 0 saturated heterocycles. The molecule has 0 aromatic carbocycles. The average Bonchev–Trinajstić information content (AvgIpc) is 2.69. The maximum absolute atomic E-state index is 10.4. The number of unbranched alkanes of at least 4 members (excludes halogenated alkanes) is 1. The SMILES string of the molecule is Cc1cc(CCCC=O)nc(-n2c(C)ccc2C)c1. The molecule has 2 aromatic heterocycles. The molecule has 0 fully saturated rings. The van der Waals surface area contributed by atoms with Crippen LogP contribution in [0.25, 0.3) is 5.82 Å². The van der Waals surface area contributed by atoms with E-state index < -0.39 is 0 Å². The highest BCUT2D eigenvalue weighted by molar-refractivity contribution is 5.49. The normalized spacial score (nSPS) is 10.7. The van der Waals surface area contributed by atoms with Gasteiger partial charge in [-0.2, -0.15) is 0 Å². The van der Waals surface area contributed by atoms with Crippen molar-refractivity contribution in [2.75, 3.05) is 0 Å². The van der Waals surface area contributed by atoms with E-state index in [4.69, 9.17) is 4.98 Å². The smallest absolute Gasteiger partial charge is 0.137 e. The average molecular weight is 256 g/mol. The summed E-state index contributed by atoms with van der Waals surface area (Å²) in [4.78, 5) is 15.1. The number of nitrogens with zero attached hydrogens (tertiary/aromatic N) is 2. The summed E-state index contributed by atoms with van der Waals surface area (Å²) in [6.07, 6.45) is 3.29. The van der Waals surface area contributed by atoms with Gasteiger partial charge < -0.3 is 9.36 Å². The lowest BCUT2D eigenvalue weighted by molar-refractivity contribution is -0.107. The first-order valence-corrected chi connectivity index (χ1v) is 6.68. The summed E-state index contributed by atoms with van der Waals surface area (Å²) in [6, 6.07) is 8.41. The fourth-order valence-corrected chi connectivity index (χ4v) is 2.36. The monoisotopic (exact) mass is 256 g/mol. The number of carbonyl (C=O) groups is 1. The highest BCUT2D eigenvalue weighted by atomic mass is 16.1. The Kier molecular flexibility index (Phi) is 4.15. The van der Waals surface area contributed by atoms with Gasteiger partial charge in [0, 0.05) is 23.5 Å². The predicted octanol–water partition coefficient (Wildman–Crippen LogP) is 3.32. The number of aryl methyl sites for hydroxylation is 4. The molecule has 100 valence electrons. The summed E-state index contributed by atoms with van der Waals surface area (Å²) in [7, 11) is 0. The Labute approximate surface area is 114 Å². The molecule has 0 N–H and O–H groups in total. The number of pyridine rings is 1. The largest absolute Gasteiger partial charge is 0.303 e. The van der Waals surface area contributed by atoms with E-state index in [9.17, 15) is 4.79 Å². The fourth-order valence-electron chi connectivity index (χ4n) is 2.36. The predicted molar refractivity (Wildman–Crippen MR) is 76.8 cm³/mol. The molecule has 0 aliphatic rings. The zero-order chi connectivity index (χ0) is 13.8. The second-order valence-electron chi connectivity index (χ2n) is 5.00. The van der Waals surface area contributed by atoms with Crippen LogP contribution in [-0.4, -0.2) is 15.8 Å². The quantitative estimate of drug-likeness (QED) is 0.607. The highest BCUT2D eigenvalue weighted by Gasteiger charge is 2.07. The first-order valence-electron chi connectivity index (χ1n) is 6.68. The van der Waals surface area contributed by atoms with Crippen molar-refractivity contribution in [3.63, 3.8) is 0 Å². The van der Waals surface area contributed by atoms with Crippen molar-refractivity contribution in [1.82, 2.24) is 9.55 Å². The minimum absolute atomic E-state index is 0.604. The van der Waals surface area contributed by atoms with Crippen LogP contribution < -0.4 is 0 Å². The van der Waals surface area contributed by atoms with Gasteiger partial charge in [0.2, 0.25) is 0 Å². The summed E-state index contributed by atoms with van der Waals surface area (Å²) in [5, 5.41) is 0. The van der Waals surface area contributed by atoms with E-state index in [0.717, 1.165) is 30.6 Å². The van der Waals surface area contributed by atoms with Gasteiger partial charge in [0.05, 0.1) is 0 Å². The minimum Gasteiger partial charge on any atom is -0.303 e. The third-order valence-corrected chi connectivity index (χ3v) is 3.26. The Morgan fingerprint density at radius 2 is 1.84 bits per heavy atom. The van der Waals surface area contributed by atoms with Crippen LogP contribution in [0.4, 0.5) is 0 Å². The van der Waals surface area contributed by atoms with Crippen LogP contribution in [0, 0.1) is 20.8 Å². The lowest BCUT2D eigenvalue weighted by Crippen LogP contribution is -2.04. The van der Waals surface area contributed by atoms with Crippen LogP contribution in [0.2, 0.25) is 0 Å². The number of hydrogen-bond acceptors (Lipinski definition) is 2. The molecule has 0 aliphatic carbocycles. The molecule has 0 radical (unpaired) electrons. The van der Waals surface area contributed by atoms with Gasteiger partial charge in [0.1, 0.15) is 12.1 Å². The Hall–Kier alpha value is -1.90. The Balaban J connectivity index is 2.33. The first-order chi connectivity index (χ1) is 9.11. The van der Waals surface area contributed by atoms with Crippen LogP contribution in [0.3, 0.4) is 0 Å². The molecule has 0 atom stereocenters. The van der Waals surface area contributed by atoms with Crippen LogP contribution in [-0.2, 0) is 11.2 Å². The van der Waals surface area contributed by atoms with E-state index in [1.54, 1.807) is 0 Å². The molecule has 3 heteroatoms. The van der Waals surface area contributed by atoms with Crippen LogP contribution >= 0.6 is 0 Å². The third-order valence-electron chi connectivity index (χ3n) is 3.26. The van der Waals surface area contributed by atoms with Crippen LogP contribution in [0.5, 0.6) is 0 Å². The number of hydrogen-bond donors (Lipinski definition) is 0. The summed E-state index contributed by atoms with van der Waals surface area (Å²) >= 11 is 0. The van der Waals surface area contributed by atoms with Gasteiger partial charge >= 0.3 is 0 Å². The molecule has 0 bridgehead atoms. The van der Waals surface area contributed by atoms with Crippen molar-refractivity contribution in [2.45, 2.75) is 40.0 Å². The van der Waals surface area contributed by atoms with Crippen molar-refractivity contribution >= 4 is 6.29 Å². The summed E-state index contributed by atoms with van der Waals surface area (Å²) < 4.78 is 2.16. The maximum Gasteiger partial charge on any atom is 0.137 e. The molecule has 2 heterocycles. The summed E-state index contributed by atoms with van der Waals surface area (Å²) in [5.41, 5.74) is 4.65. The molecule has 2 rings (SSSR count). The number of aromatic nitrogens is 2. The second kappa shape index (κ2) is 5.83. The molecular formula is C16H20N2O. The third kappa shape index (κ3) is 3.11. The van der Waals surface area contributed by atoms with Gasteiger partial charge in [-0.15, -0.1) is 0 Å². The van der Waals surface area contributed by atoms with E-state index in [1.807, 2.05) is 0 Å². The van der Waals surface area contributed by atoms with Gasteiger partial charge in [-0.1, -0.05) is 0 Å². The topological polar surface area (TPSA) is 34.9 Å². The zero-order valence-corrected chi connectivity index (χ0v) is 11.8. The van der Waals surface area contributed by atoms with Crippen molar-refractivity contribution < 1.29 is 4.79 Å². The van der Waals surface area contributed by atoms with Gasteiger partial charge in [-0.05, 0) is 63.4 Å². The molecule has 19 heavy (non-hydrogen) atoms. The van der Waals surface area contributed by atoms with Crippen molar-refractivity contribution in [3.8, 4) is 5.82 Å². The lowest BCUT2D eigenvalue weighted by atomic mass is 10.1. The van der Waals surface area contributed by atoms with E-state index in [2.05, 4.69) is 49.6 Å². The Morgan fingerprint density at radius 3 is 2.47 bits per heavy atom. The van der Waals surface area contributed by atoms with Crippen LogP contribution in [0.1, 0.15) is 35.5 Å². The lowest BCUT2D eigenvalue weighted by Gasteiger charge is -2.11. The van der Waals surface area contributed by atoms with Gasteiger partial charge in [0.25, 0.3) is 0 Å². The van der Waals surface area contributed by atoms with Crippen molar-refractivity contribution in [2.24, 2.45) is 0 Å². The Bertz CT molecular complexity index is 565. The van der Waals surface area contributed by atoms with E-state index >= 15 is 0 Å². The molecule has 0 spiro atoms. The van der Waals surface area contributed by atoms with Gasteiger partial charge in [0.15, 0.2) is 0 Å². The first kappa shape index (κ1) is 13.5. The molecule has 0 unspecified atom stereocenters. The standard InChI is InChI=1S/C16H20N2O/c1-12-10-15(6-4-5-9-19)17-16(11-12)18-13(2)7-8-14(18)3/h7-11H,4-6H2,1-3H3. The van der Waals surface area contributed by atoms with Crippen molar-refractivity contribution in [1.29, 1.82) is 0 Å². The van der Waals surface area contributed by atoms with Crippen molar-refractivity contribution in [3.05, 3.63) is 46.9 Å². The van der Waals surface area contributed by atoms with E-state index in [-0.39, 0.29) is 0 Å². The number of carbonyl (C=O) groups excluding carboxylic acids is 1.